The minimum Gasteiger partial charge on any atom is -0.465 e. The number of ether oxygens (including phenoxy) is 3. The summed E-state index contributed by atoms with van der Waals surface area (Å²) in [5.74, 6) is -3.53. The fourth-order valence-electron chi connectivity index (χ4n) is 2.62. The quantitative estimate of drug-likeness (QED) is 0.743. The number of fused-ring (bicyclic) bond motifs is 1. The number of halogens is 1. The Morgan fingerprint density at radius 2 is 2.04 bits per heavy atom. The van der Waals surface area contributed by atoms with Crippen molar-refractivity contribution in [1.29, 1.82) is 5.26 Å². The Bertz CT molecular complexity index is 769. The van der Waals surface area contributed by atoms with Crippen LogP contribution in [-0.4, -0.2) is 25.2 Å². The molecule has 0 saturated carbocycles. The maximum Gasteiger partial charge on any atom is 0.340 e. The van der Waals surface area contributed by atoms with Gasteiger partial charge in [-0.15, -0.1) is 0 Å². The van der Waals surface area contributed by atoms with E-state index in [2.05, 4.69) is 15.9 Å². The van der Waals surface area contributed by atoms with Gasteiger partial charge >= 0.3 is 11.9 Å². The van der Waals surface area contributed by atoms with Gasteiger partial charge in [0.25, 0.3) is 0 Å². The molecule has 2 atom stereocenters. The van der Waals surface area contributed by atoms with Gasteiger partial charge in [0.05, 0.1) is 25.2 Å². The van der Waals surface area contributed by atoms with Crippen molar-refractivity contribution in [2.24, 2.45) is 11.7 Å². The largest absolute Gasteiger partial charge is 0.465 e. The van der Waals surface area contributed by atoms with E-state index < -0.39 is 23.8 Å². The number of hydrogen-bond acceptors (Lipinski definition) is 7. The first-order chi connectivity index (χ1) is 11.9. The smallest absolute Gasteiger partial charge is 0.340 e. The summed E-state index contributed by atoms with van der Waals surface area (Å²) in [6.07, 6.45) is 0. The number of nitriles is 1. The van der Waals surface area contributed by atoms with Crippen LogP contribution < -0.4 is 10.5 Å². The molecule has 0 spiro atoms. The Balaban J connectivity index is 2.63. The predicted molar refractivity (Wildman–Crippen MR) is 91.1 cm³/mol. The summed E-state index contributed by atoms with van der Waals surface area (Å²) in [4.78, 5) is 24.7. The summed E-state index contributed by atoms with van der Waals surface area (Å²) in [7, 11) is 0. The van der Waals surface area contributed by atoms with Crippen molar-refractivity contribution in [2.75, 3.05) is 13.2 Å². The molecule has 132 valence electrons. The van der Waals surface area contributed by atoms with E-state index in [1.54, 1.807) is 32.0 Å². The highest BCUT2D eigenvalue weighted by Crippen LogP contribution is 2.44. The highest BCUT2D eigenvalue weighted by Gasteiger charge is 2.43. The van der Waals surface area contributed by atoms with Gasteiger partial charge < -0.3 is 19.9 Å². The first-order valence-electron chi connectivity index (χ1n) is 7.64. The van der Waals surface area contributed by atoms with Gasteiger partial charge in [-0.25, -0.2) is 4.79 Å². The molecule has 1 aliphatic rings. The normalized spacial score (nSPS) is 17.0. The minimum atomic E-state index is -1.27. The van der Waals surface area contributed by atoms with Gasteiger partial charge in [0.1, 0.15) is 11.3 Å². The SMILES string of the molecule is CCOC(=O)C1=C(N)Oc2ccc(Br)cc2[C@H]1[C@H](C#N)C(=O)OCC. The fourth-order valence-corrected chi connectivity index (χ4v) is 2.99. The van der Waals surface area contributed by atoms with Gasteiger partial charge in [-0.2, -0.15) is 5.26 Å². The lowest BCUT2D eigenvalue weighted by Gasteiger charge is -2.30. The van der Waals surface area contributed by atoms with E-state index in [1.807, 2.05) is 6.07 Å². The summed E-state index contributed by atoms with van der Waals surface area (Å²) in [6.45, 7) is 3.51. The molecule has 0 radical (unpaired) electrons. The lowest BCUT2D eigenvalue weighted by atomic mass is 9.79. The standard InChI is InChI=1S/C17H17BrN2O5/c1-3-23-16(21)11(8-19)13-10-7-9(18)5-6-12(10)25-15(20)14(13)17(22)24-4-2/h5-7,11,13H,3-4,20H2,1-2H3/t11-,13-/m0/s1. The molecule has 1 aromatic carbocycles. The Kier molecular flexibility index (Phi) is 6.04. The molecule has 0 fully saturated rings. The van der Waals surface area contributed by atoms with E-state index in [0.29, 0.717) is 15.8 Å². The number of esters is 2. The molecule has 7 nitrogen and oxygen atoms in total. The van der Waals surface area contributed by atoms with Gasteiger partial charge in [0.15, 0.2) is 5.92 Å². The molecule has 8 heteroatoms. The Morgan fingerprint density at radius 3 is 2.64 bits per heavy atom. The molecule has 2 N–H and O–H groups in total. The number of hydrogen-bond donors (Lipinski definition) is 1. The molecule has 25 heavy (non-hydrogen) atoms. The molecule has 0 unspecified atom stereocenters. The van der Waals surface area contributed by atoms with Crippen LogP contribution >= 0.6 is 15.9 Å². The third-order valence-electron chi connectivity index (χ3n) is 3.61. The van der Waals surface area contributed by atoms with E-state index in [0.717, 1.165) is 0 Å². The van der Waals surface area contributed by atoms with Gasteiger partial charge in [0, 0.05) is 10.0 Å². The van der Waals surface area contributed by atoms with Crippen LogP contribution in [0.25, 0.3) is 0 Å². The van der Waals surface area contributed by atoms with Gasteiger partial charge in [-0.3, -0.25) is 4.79 Å². The van der Waals surface area contributed by atoms with Crippen molar-refractivity contribution in [3.05, 3.63) is 39.7 Å². The number of nitrogens with two attached hydrogens (primary N) is 1. The lowest BCUT2D eigenvalue weighted by Crippen LogP contribution is -2.33. The van der Waals surface area contributed by atoms with E-state index in [4.69, 9.17) is 19.9 Å². The molecule has 1 aliphatic heterocycles. The summed E-state index contributed by atoms with van der Waals surface area (Å²) in [6, 6.07) is 6.96. The van der Waals surface area contributed by atoms with E-state index >= 15 is 0 Å². The van der Waals surface area contributed by atoms with Crippen molar-refractivity contribution in [1.82, 2.24) is 0 Å². The second-order valence-corrected chi connectivity index (χ2v) is 6.03. The van der Waals surface area contributed by atoms with Crippen LogP contribution in [-0.2, 0) is 19.1 Å². The summed E-state index contributed by atoms with van der Waals surface area (Å²) in [5.41, 5.74) is 6.32. The van der Waals surface area contributed by atoms with E-state index in [-0.39, 0.29) is 24.7 Å². The van der Waals surface area contributed by atoms with Crippen LogP contribution in [0, 0.1) is 17.2 Å². The predicted octanol–water partition coefficient (Wildman–Crippen LogP) is 2.36. The molecule has 2 rings (SSSR count). The van der Waals surface area contributed by atoms with Crippen molar-refractivity contribution in [3.63, 3.8) is 0 Å². The summed E-state index contributed by atoms with van der Waals surface area (Å²) < 4.78 is 16.2. The molecule has 1 aromatic rings. The second-order valence-electron chi connectivity index (χ2n) is 5.12. The number of nitrogens with zero attached hydrogens (tertiary/aromatic N) is 1. The maximum absolute atomic E-state index is 12.4. The van der Waals surface area contributed by atoms with Crippen LogP contribution in [0.15, 0.2) is 34.1 Å². The Hall–Kier alpha value is -2.53. The lowest BCUT2D eigenvalue weighted by molar-refractivity contribution is -0.146. The third kappa shape index (κ3) is 3.77. The highest BCUT2D eigenvalue weighted by atomic mass is 79.9. The minimum absolute atomic E-state index is 0.0629. The molecule has 0 aromatic heterocycles. The monoisotopic (exact) mass is 408 g/mol. The van der Waals surface area contributed by atoms with Crippen LogP contribution in [0.3, 0.4) is 0 Å². The highest BCUT2D eigenvalue weighted by molar-refractivity contribution is 9.10. The zero-order valence-corrected chi connectivity index (χ0v) is 15.3. The van der Waals surface area contributed by atoms with Crippen LogP contribution in [0.4, 0.5) is 0 Å². The second kappa shape index (κ2) is 8.03. The molecule has 1 heterocycles. The Labute approximate surface area is 153 Å². The molecule has 0 aliphatic carbocycles. The first kappa shape index (κ1) is 18.8. The van der Waals surface area contributed by atoms with E-state index in [1.165, 1.54) is 0 Å². The van der Waals surface area contributed by atoms with Crippen LogP contribution in [0.2, 0.25) is 0 Å². The van der Waals surface area contributed by atoms with Gasteiger partial charge in [0.2, 0.25) is 5.88 Å². The number of carbonyl (C=O) groups excluding carboxylic acids is 2. The third-order valence-corrected chi connectivity index (χ3v) is 4.10. The van der Waals surface area contributed by atoms with Crippen molar-refractivity contribution in [2.45, 2.75) is 19.8 Å². The molecular weight excluding hydrogens is 392 g/mol. The van der Waals surface area contributed by atoms with Crippen molar-refractivity contribution < 1.29 is 23.8 Å². The van der Waals surface area contributed by atoms with Crippen molar-refractivity contribution in [3.8, 4) is 11.8 Å². The number of carbonyl (C=O) groups is 2. The van der Waals surface area contributed by atoms with E-state index in [9.17, 15) is 14.9 Å². The van der Waals surface area contributed by atoms with Crippen LogP contribution in [0.1, 0.15) is 25.3 Å². The number of benzene rings is 1. The van der Waals surface area contributed by atoms with Crippen LogP contribution in [0.5, 0.6) is 5.75 Å². The van der Waals surface area contributed by atoms with Crippen molar-refractivity contribution >= 4 is 27.9 Å². The molecule has 0 bridgehead atoms. The number of rotatable bonds is 5. The summed E-state index contributed by atoms with van der Waals surface area (Å²) >= 11 is 3.34. The average Bonchev–Trinajstić information content (AvgIpc) is 2.56. The molecule has 0 saturated heterocycles. The molecular formula is C17H17BrN2O5. The molecule has 0 amide bonds. The van der Waals surface area contributed by atoms with Gasteiger partial charge in [-0.1, -0.05) is 15.9 Å². The topological polar surface area (TPSA) is 112 Å². The summed E-state index contributed by atoms with van der Waals surface area (Å²) in [5, 5.41) is 9.57. The fraction of sp³-hybridized carbons (Fsp3) is 0.353. The average molecular weight is 409 g/mol. The maximum atomic E-state index is 12.4. The zero-order valence-electron chi connectivity index (χ0n) is 13.7. The van der Waals surface area contributed by atoms with Gasteiger partial charge in [-0.05, 0) is 32.0 Å². The first-order valence-corrected chi connectivity index (χ1v) is 8.44. The Morgan fingerprint density at radius 1 is 1.36 bits per heavy atom. The zero-order chi connectivity index (χ0) is 18.6.